The van der Waals surface area contributed by atoms with Crippen LogP contribution in [0.2, 0.25) is 0 Å². The Bertz CT molecular complexity index is 682. The number of rotatable bonds is 4. The van der Waals surface area contributed by atoms with Crippen molar-refractivity contribution in [3.8, 4) is 11.4 Å². The highest BCUT2D eigenvalue weighted by Gasteiger charge is 2.21. The highest BCUT2D eigenvalue weighted by Crippen LogP contribution is 2.30. The van der Waals surface area contributed by atoms with Gasteiger partial charge < -0.3 is 15.2 Å². The Kier molecular flexibility index (Phi) is 4.52. The molecule has 2 N–H and O–H groups in total. The quantitative estimate of drug-likeness (QED) is 0.854. The lowest BCUT2D eigenvalue weighted by molar-refractivity contribution is 0.0596. The number of methoxy groups -OCH3 is 2. The summed E-state index contributed by atoms with van der Waals surface area (Å²) in [6.45, 7) is 1.94. The average molecular weight is 354 g/mol. The molecular weight excluding hydrogens is 338 g/mol. The summed E-state index contributed by atoms with van der Waals surface area (Å²) in [5, 5.41) is 0. The fraction of sp³-hybridized carbons (Fsp3) is 0.286. The highest BCUT2D eigenvalue weighted by molar-refractivity contribution is 9.10. The molecule has 0 saturated carbocycles. The van der Waals surface area contributed by atoms with Gasteiger partial charge in [0.2, 0.25) is 0 Å². The van der Waals surface area contributed by atoms with Gasteiger partial charge in [0, 0.05) is 12.5 Å². The summed E-state index contributed by atoms with van der Waals surface area (Å²) >= 11 is 3.40. The van der Waals surface area contributed by atoms with E-state index in [2.05, 4.69) is 20.9 Å². The van der Waals surface area contributed by atoms with Crippen molar-refractivity contribution >= 4 is 27.7 Å². The summed E-state index contributed by atoms with van der Waals surface area (Å²) in [6.07, 6.45) is 0.625. The van der Waals surface area contributed by atoms with Gasteiger partial charge in [-0.05, 0) is 28.1 Å². The first kappa shape index (κ1) is 15.4. The van der Waals surface area contributed by atoms with Crippen LogP contribution in [0.15, 0.2) is 22.7 Å². The first-order chi connectivity index (χ1) is 10.0. The molecule has 7 heteroatoms. The van der Waals surface area contributed by atoms with E-state index in [1.54, 1.807) is 11.7 Å². The minimum absolute atomic E-state index is 0.122. The van der Waals surface area contributed by atoms with E-state index in [4.69, 9.17) is 15.2 Å². The Hall–Kier alpha value is -2.02. The van der Waals surface area contributed by atoms with Gasteiger partial charge in [-0.1, -0.05) is 6.92 Å². The Morgan fingerprint density at radius 3 is 2.71 bits per heavy atom. The molecule has 0 aliphatic heterocycles. The van der Waals surface area contributed by atoms with Crippen LogP contribution in [0.4, 0.5) is 5.82 Å². The molecule has 0 atom stereocenters. The number of ether oxygens (including phenoxy) is 2. The molecule has 0 aliphatic rings. The number of benzene rings is 1. The second-order valence-corrected chi connectivity index (χ2v) is 5.12. The molecule has 6 nitrogen and oxygen atoms in total. The Morgan fingerprint density at radius 2 is 2.14 bits per heavy atom. The summed E-state index contributed by atoms with van der Waals surface area (Å²) < 4.78 is 12.5. The van der Waals surface area contributed by atoms with E-state index in [1.807, 2.05) is 25.1 Å². The van der Waals surface area contributed by atoms with Crippen LogP contribution < -0.4 is 10.5 Å². The number of carbonyl (C=O) groups excluding carboxylic acids is 1. The Labute approximate surface area is 131 Å². The van der Waals surface area contributed by atoms with Gasteiger partial charge in [-0.15, -0.1) is 0 Å². The van der Waals surface area contributed by atoms with Crippen LogP contribution in [0.5, 0.6) is 5.75 Å². The van der Waals surface area contributed by atoms with Crippen molar-refractivity contribution in [1.29, 1.82) is 0 Å². The van der Waals surface area contributed by atoms with Gasteiger partial charge in [-0.3, -0.25) is 4.57 Å². The smallest absolute Gasteiger partial charge is 0.360 e. The molecule has 0 amide bonds. The van der Waals surface area contributed by atoms with Crippen molar-refractivity contribution in [3.63, 3.8) is 0 Å². The lowest BCUT2D eigenvalue weighted by atomic mass is 10.3. The molecule has 0 saturated heterocycles. The third kappa shape index (κ3) is 2.73. The van der Waals surface area contributed by atoms with Crippen LogP contribution >= 0.6 is 15.9 Å². The largest absolute Gasteiger partial charge is 0.495 e. The number of anilines is 1. The minimum atomic E-state index is -0.551. The minimum Gasteiger partial charge on any atom is -0.495 e. The first-order valence-corrected chi connectivity index (χ1v) is 7.12. The van der Waals surface area contributed by atoms with Crippen LogP contribution in [0, 0.1) is 0 Å². The molecule has 2 aromatic rings. The third-order valence-electron chi connectivity index (χ3n) is 3.07. The molecule has 0 fully saturated rings. The topological polar surface area (TPSA) is 79.4 Å². The number of imidazole rings is 1. The molecule has 1 aromatic carbocycles. The van der Waals surface area contributed by atoms with Crippen LogP contribution in [0.25, 0.3) is 5.69 Å². The fourth-order valence-corrected chi connectivity index (χ4v) is 2.45. The molecule has 21 heavy (non-hydrogen) atoms. The molecule has 1 aromatic heterocycles. The van der Waals surface area contributed by atoms with E-state index in [0.717, 1.165) is 10.2 Å². The molecule has 0 bridgehead atoms. The lowest BCUT2D eigenvalue weighted by Gasteiger charge is -2.11. The molecule has 0 unspecified atom stereocenters. The zero-order valence-electron chi connectivity index (χ0n) is 12.0. The van der Waals surface area contributed by atoms with Crippen molar-refractivity contribution in [1.82, 2.24) is 9.55 Å². The second kappa shape index (κ2) is 6.17. The number of nitrogens with zero attached hydrogens (tertiary/aromatic N) is 2. The zero-order chi connectivity index (χ0) is 15.6. The van der Waals surface area contributed by atoms with Gasteiger partial charge in [0.05, 0.1) is 24.4 Å². The number of aromatic nitrogens is 2. The summed E-state index contributed by atoms with van der Waals surface area (Å²) in [4.78, 5) is 16.0. The van der Waals surface area contributed by atoms with Crippen molar-refractivity contribution in [2.45, 2.75) is 13.3 Å². The first-order valence-electron chi connectivity index (χ1n) is 6.32. The van der Waals surface area contributed by atoms with Gasteiger partial charge >= 0.3 is 5.97 Å². The van der Waals surface area contributed by atoms with Crippen molar-refractivity contribution < 1.29 is 14.3 Å². The van der Waals surface area contributed by atoms with E-state index >= 15 is 0 Å². The van der Waals surface area contributed by atoms with E-state index in [-0.39, 0.29) is 11.5 Å². The number of hydrogen-bond donors (Lipinski definition) is 1. The normalized spacial score (nSPS) is 10.5. The molecular formula is C14H16BrN3O3. The summed E-state index contributed by atoms with van der Waals surface area (Å²) in [5.41, 5.74) is 6.96. The van der Waals surface area contributed by atoms with Crippen molar-refractivity contribution in [2.24, 2.45) is 0 Å². The number of nitrogen functional groups attached to an aromatic ring is 1. The predicted molar refractivity (Wildman–Crippen MR) is 82.9 cm³/mol. The number of hydrogen-bond acceptors (Lipinski definition) is 5. The number of nitrogens with two attached hydrogens (primary N) is 1. The summed E-state index contributed by atoms with van der Waals surface area (Å²) in [7, 11) is 2.89. The predicted octanol–water partition coefficient (Wildman–Crippen LogP) is 2.57. The number of aryl methyl sites for hydroxylation is 1. The van der Waals surface area contributed by atoms with E-state index < -0.39 is 5.97 Å². The summed E-state index contributed by atoms with van der Waals surface area (Å²) in [6, 6.07) is 5.54. The number of halogens is 1. The second-order valence-electron chi connectivity index (χ2n) is 4.26. The van der Waals surface area contributed by atoms with Crippen LogP contribution in [-0.4, -0.2) is 29.7 Å². The van der Waals surface area contributed by atoms with Gasteiger partial charge in [-0.2, -0.15) is 0 Å². The molecule has 0 aliphatic carbocycles. The summed E-state index contributed by atoms with van der Waals surface area (Å²) in [5.74, 6) is 1.05. The van der Waals surface area contributed by atoms with Gasteiger partial charge in [0.25, 0.3) is 0 Å². The lowest BCUT2D eigenvalue weighted by Crippen LogP contribution is -2.08. The van der Waals surface area contributed by atoms with Crippen molar-refractivity contribution in [3.05, 3.63) is 34.2 Å². The molecule has 1 heterocycles. The van der Waals surface area contributed by atoms with Crippen LogP contribution in [0.1, 0.15) is 23.2 Å². The zero-order valence-corrected chi connectivity index (χ0v) is 13.6. The molecule has 0 radical (unpaired) electrons. The average Bonchev–Trinajstić information content (AvgIpc) is 2.84. The highest BCUT2D eigenvalue weighted by atomic mass is 79.9. The SMILES string of the molecule is CCc1nc(C(=O)OC)c(N)n1-c1ccc(Br)c(OC)c1. The maximum Gasteiger partial charge on any atom is 0.360 e. The van der Waals surface area contributed by atoms with E-state index in [9.17, 15) is 4.79 Å². The standard InChI is InChI=1S/C14H16BrN3O3/c1-4-11-17-12(14(19)21-3)13(16)18(11)8-5-6-9(15)10(7-8)20-2/h5-7H,4,16H2,1-3H3. The molecule has 112 valence electrons. The monoisotopic (exact) mass is 353 g/mol. The maximum absolute atomic E-state index is 11.7. The van der Waals surface area contributed by atoms with Crippen molar-refractivity contribution in [2.75, 3.05) is 20.0 Å². The maximum atomic E-state index is 11.7. The Balaban J connectivity index is 2.63. The van der Waals surface area contributed by atoms with E-state index in [0.29, 0.717) is 18.0 Å². The van der Waals surface area contributed by atoms with Gasteiger partial charge in [0.1, 0.15) is 17.4 Å². The number of carbonyl (C=O) groups is 1. The molecule has 0 spiro atoms. The number of esters is 1. The van der Waals surface area contributed by atoms with Gasteiger partial charge in [0.15, 0.2) is 5.69 Å². The van der Waals surface area contributed by atoms with Crippen LogP contribution in [-0.2, 0) is 11.2 Å². The Morgan fingerprint density at radius 1 is 1.43 bits per heavy atom. The van der Waals surface area contributed by atoms with Crippen LogP contribution in [0.3, 0.4) is 0 Å². The molecule has 2 rings (SSSR count). The van der Waals surface area contributed by atoms with Gasteiger partial charge in [-0.25, -0.2) is 9.78 Å². The van der Waals surface area contributed by atoms with E-state index in [1.165, 1.54) is 7.11 Å². The fourth-order valence-electron chi connectivity index (χ4n) is 2.04. The third-order valence-corrected chi connectivity index (χ3v) is 3.73.